The Kier molecular flexibility index (Phi) is 1.70. The van der Waals surface area contributed by atoms with Gasteiger partial charge >= 0.3 is 0 Å². The zero-order valence-electron chi connectivity index (χ0n) is 9.73. The Morgan fingerprint density at radius 2 is 1.88 bits per heavy atom. The van der Waals surface area contributed by atoms with Crippen LogP contribution < -0.4 is 10.2 Å². The van der Waals surface area contributed by atoms with Crippen molar-refractivity contribution in [1.82, 2.24) is 5.32 Å². The third kappa shape index (κ3) is 1.38. The first-order valence-corrected chi connectivity index (χ1v) is 6.39. The molecule has 3 aliphatic rings. The Bertz CT molecular complexity index is 458. The smallest absolute Gasteiger partial charge is 0.226 e. The zero-order chi connectivity index (χ0) is 11.5. The van der Waals surface area contributed by atoms with Crippen LogP contribution in [0.4, 0.5) is 5.69 Å². The maximum Gasteiger partial charge on any atom is 0.226 e. The number of hydrogen-bond acceptors (Lipinski definition) is 2. The number of nitrogens with zero attached hydrogens (tertiary/aromatic N) is 1. The topological polar surface area (TPSA) is 32.3 Å². The minimum absolute atomic E-state index is 0.118. The second-order valence-corrected chi connectivity index (χ2v) is 5.67. The van der Waals surface area contributed by atoms with Crippen LogP contribution >= 0.6 is 0 Å². The van der Waals surface area contributed by atoms with Crippen LogP contribution in [-0.2, 0) is 4.79 Å². The average Bonchev–Trinajstić information content (AvgIpc) is 3.11. The van der Waals surface area contributed by atoms with E-state index in [-0.39, 0.29) is 5.41 Å². The molecule has 0 aromatic heterocycles. The molecule has 0 bridgehead atoms. The normalized spacial score (nSPS) is 33.6. The fourth-order valence-corrected chi connectivity index (χ4v) is 2.82. The number of rotatable bonds is 3. The van der Waals surface area contributed by atoms with Crippen molar-refractivity contribution in [1.29, 1.82) is 0 Å². The van der Waals surface area contributed by atoms with E-state index in [0.29, 0.717) is 11.9 Å². The Morgan fingerprint density at radius 1 is 1.24 bits per heavy atom. The third-order valence-electron chi connectivity index (χ3n) is 4.47. The molecule has 3 nitrogen and oxygen atoms in total. The Labute approximate surface area is 101 Å². The van der Waals surface area contributed by atoms with Crippen molar-refractivity contribution in [3.05, 3.63) is 30.3 Å². The molecule has 1 saturated heterocycles. The van der Waals surface area contributed by atoms with E-state index in [9.17, 15) is 4.79 Å². The second kappa shape index (κ2) is 3.03. The highest BCUT2D eigenvalue weighted by atomic mass is 16.2. The molecule has 0 radical (unpaired) electrons. The first-order chi connectivity index (χ1) is 8.28. The van der Waals surface area contributed by atoms with Gasteiger partial charge in [0.15, 0.2) is 0 Å². The maximum absolute atomic E-state index is 11.9. The van der Waals surface area contributed by atoms with E-state index in [1.807, 2.05) is 6.07 Å². The van der Waals surface area contributed by atoms with Crippen molar-refractivity contribution in [2.24, 2.45) is 11.3 Å². The van der Waals surface area contributed by atoms with Crippen LogP contribution in [0.3, 0.4) is 0 Å². The largest absolute Gasteiger partial charge is 0.367 e. The molecule has 1 N–H and O–H groups in total. The van der Waals surface area contributed by atoms with E-state index in [0.717, 1.165) is 31.8 Å². The number of amides is 1. The second-order valence-electron chi connectivity index (χ2n) is 5.67. The third-order valence-corrected chi connectivity index (χ3v) is 4.47. The highest BCUT2D eigenvalue weighted by Crippen LogP contribution is 2.75. The molecule has 0 unspecified atom stereocenters. The maximum atomic E-state index is 11.9. The molecule has 1 aromatic rings. The number of benzene rings is 1. The van der Waals surface area contributed by atoms with Crippen LogP contribution in [0.15, 0.2) is 30.3 Å². The molecule has 0 spiro atoms. The number of hydrogen-bond donors (Lipinski definition) is 1. The van der Waals surface area contributed by atoms with Crippen molar-refractivity contribution < 1.29 is 4.79 Å². The first kappa shape index (κ1) is 9.51. The minimum atomic E-state index is 0.118. The highest BCUT2D eigenvalue weighted by molar-refractivity contribution is 5.90. The van der Waals surface area contributed by atoms with Crippen LogP contribution in [-0.4, -0.2) is 25.0 Å². The molecule has 2 saturated carbocycles. The van der Waals surface area contributed by atoms with Gasteiger partial charge in [0.2, 0.25) is 5.91 Å². The van der Waals surface area contributed by atoms with Crippen LogP contribution in [0, 0.1) is 11.3 Å². The Hall–Kier alpha value is -1.51. The summed E-state index contributed by atoms with van der Waals surface area (Å²) in [5.74, 6) is 1.06. The van der Waals surface area contributed by atoms with Gasteiger partial charge in [-0.05, 0) is 30.9 Å². The van der Waals surface area contributed by atoms with Gasteiger partial charge < -0.3 is 10.2 Å². The van der Waals surface area contributed by atoms with E-state index >= 15 is 0 Å². The average molecular weight is 228 g/mol. The fraction of sp³-hybridized carbons (Fsp3) is 0.500. The predicted octanol–water partition coefficient (Wildman–Crippen LogP) is 1.40. The molecule has 0 atom stereocenters. The first-order valence-electron chi connectivity index (χ1n) is 6.39. The summed E-state index contributed by atoms with van der Waals surface area (Å²) in [6.45, 7) is 1.91. The van der Waals surface area contributed by atoms with E-state index in [2.05, 4.69) is 34.5 Å². The van der Waals surface area contributed by atoms with Crippen LogP contribution in [0.1, 0.15) is 12.8 Å². The zero-order valence-corrected chi connectivity index (χ0v) is 9.73. The lowest BCUT2D eigenvalue weighted by atomic mass is 10.1. The van der Waals surface area contributed by atoms with Crippen molar-refractivity contribution in [3.63, 3.8) is 0 Å². The summed E-state index contributed by atoms with van der Waals surface area (Å²) in [4.78, 5) is 14.2. The highest BCUT2D eigenvalue weighted by Gasteiger charge is 2.74. The molecular weight excluding hydrogens is 212 g/mol. The van der Waals surface area contributed by atoms with Gasteiger partial charge in [0.05, 0.1) is 11.5 Å². The van der Waals surface area contributed by atoms with Crippen molar-refractivity contribution >= 4 is 11.6 Å². The quantitative estimate of drug-likeness (QED) is 0.848. The molecule has 88 valence electrons. The molecule has 17 heavy (non-hydrogen) atoms. The van der Waals surface area contributed by atoms with Gasteiger partial charge in [-0.3, -0.25) is 4.79 Å². The molecule has 2 aliphatic carbocycles. The lowest BCUT2D eigenvalue weighted by molar-refractivity contribution is -0.125. The fourth-order valence-electron chi connectivity index (χ4n) is 2.82. The summed E-state index contributed by atoms with van der Waals surface area (Å²) >= 11 is 0. The summed E-state index contributed by atoms with van der Waals surface area (Å²) in [7, 11) is 0. The molecular formula is C14H16N2O. The van der Waals surface area contributed by atoms with Gasteiger partial charge in [0.1, 0.15) is 0 Å². The van der Waals surface area contributed by atoms with E-state index in [1.165, 1.54) is 5.69 Å². The van der Waals surface area contributed by atoms with Gasteiger partial charge in [-0.1, -0.05) is 18.2 Å². The summed E-state index contributed by atoms with van der Waals surface area (Å²) in [6, 6.07) is 10.7. The number of para-hydroxylation sites is 1. The monoisotopic (exact) mass is 228 g/mol. The van der Waals surface area contributed by atoms with Gasteiger partial charge in [0, 0.05) is 18.8 Å². The molecule has 3 fully saturated rings. The van der Waals surface area contributed by atoms with Gasteiger partial charge in [-0.2, -0.15) is 0 Å². The van der Waals surface area contributed by atoms with E-state index < -0.39 is 0 Å². The number of carbonyl (C=O) groups excluding carboxylic acids is 1. The molecule has 1 amide bonds. The van der Waals surface area contributed by atoms with Gasteiger partial charge in [0.25, 0.3) is 0 Å². The summed E-state index contributed by atoms with van der Waals surface area (Å²) < 4.78 is 0. The number of nitrogens with one attached hydrogen (secondary N) is 1. The molecule has 1 aromatic carbocycles. The summed E-state index contributed by atoms with van der Waals surface area (Å²) in [5, 5.41) is 3.18. The van der Waals surface area contributed by atoms with Crippen LogP contribution in [0.2, 0.25) is 0 Å². The van der Waals surface area contributed by atoms with E-state index in [1.54, 1.807) is 0 Å². The SMILES string of the molecule is O=C(NC1CN(c2ccccc2)C1)C12CC1C2. The van der Waals surface area contributed by atoms with Crippen molar-refractivity contribution in [3.8, 4) is 0 Å². The Morgan fingerprint density at radius 3 is 2.47 bits per heavy atom. The lowest BCUT2D eigenvalue weighted by Crippen LogP contribution is -2.60. The summed E-state index contributed by atoms with van der Waals surface area (Å²) in [5.41, 5.74) is 1.37. The molecule has 3 heteroatoms. The molecule has 1 aliphatic heterocycles. The van der Waals surface area contributed by atoms with Gasteiger partial charge in [-0.15, -0.1) is 0 Å². The van der Waals surface area contributed by atoms with Crippen LogP contribution in [0.25, 0.3) is 0 Å². The molecule has 4 rings (SSSR count). The number of anilines is 1. The van der Waals surface area contributed by atoms with Crippen LogP contribution in [0.5, 0.6) is 0 Å². The minimum Gasteiger partial charge on any atom is -0.367 e. The molecule has 1 heterocycles. The number of carbonyl (C=O) groups is 1. The van der Waals surface area contributed by atoms with E-state index in [4.69, 9.17) is 0 Å². The van der Waals surface area contributed by atoms with Gasteiger partial charge in [-0.25, -0.2) is 0 Å². The van der Waals surface area contributed by atoms with Crippen molar-refractivity contribution in [2.45, 2.75) is 18.9 Å². The summed E-state index contributed by atoms with van der Waals surface area (Å²) in [6.07, 6.45) is 2.29. The van der Waals surface area contributed by atoms with Crippen molar-refractivity contribution in [2.75, 3.05) is 18.0 Å². The number of fused-ring (bicyclic) bond motifs is 1. The Balaban J connectivity index is 1.32. The lowest BCUT2D eigenvalue weighted by Gasteiger charge is -2.41. The standard InChI is InChI=1S/C14H16N2O/c17-13(14-6-10(14)7-14)15-11-8-16(9-11)12-4-2-1-3-5-12/h1-5,10-11H,6-9H2,(H,15,17). The predicted molar refractivity (Wildman–Crippen MR) is 65.7 cm³/mol.